The maximum Gasteiger partial charge on any atom is 0.449 e. The van der Waals surface area contributed by atoms with E-state index in [1.807, 2.05) is 6.07 Å². The fraction of sp³-hybridized carbons (Fsp3) is 0.143. The minimum Gasteiger partial charge on any atom is -0.325 e. The summed E-state index contributed by atoms with van der Waals surface area (Å²) in [6.07, 6.45) is -3.05. The third-order valence-corrected chi connectivity index (χ3v) is 4.43. The maximum absolute atomic E-state index is 13.4. The Kier molecular flexibility index (Phi) is 4.94. The summed E-state index contributed by atoms with van der Waals surface area (Å²) in [5.74, 6) is -1.10. The second-order valence-corrected chi connectivity index (χ2v) is 6.63. The van der Waals surface area contributed by atoms with E-state index in [0.29, 0.717) is 17.2 Å². The summed E-state index contributed by atoms with van der Waals surface area (Å²) in [5, 5.41) is 2.65. The standard InChI is InChI=1S/C21H16F3N5O/c1-13-25-10-9-16(26-13)14-5-4-6-15(11-14)27-19(30)12-29-18-8-3-2-7-17(18)28-20(29)21(22,23)24/h2-11H,12H2,1H3,(H,27,30). The molecule has 9 heteroatoms. The lowest BCUT2D eigenvalue weighted by Gasteiger charge is -2.12. The zero-order chi connectivity index (χ0) is 21.3. The average molecular weight is 411 g/mol. The molecule has 0 aliphatic heterocycles. The smallest absolute Gasteiger partial charge is 0.325 e. The van der Waals surface area contributed by atoms with E-state index >= 15 is 0 Å². The van der Waals surface area contributed by atoms with Crippen LogP contribution in [0.1, 0.15) is 11.6 Å². The van der Waals surface area contributed by atoms with Gasteiger partial charge in [-0.2, -0.15) is 13.2 Å². The molecule has 0 aliphatic rings. The van der Waals surface area contributed by atoms with Crippen LogP contribution >= 0.6 is 0 Å². The average Bonchev–Trinajstić information content (AvgIpc) is 3.07. The van der Waals surface area contributed by atoms with Crippen LogP contribution in [0.4, 0.5) is 18.9 Å². The predicted octanol–water partition coefficient (Wildman–Crippen LogP) is 4.46. The van der Waals surface area contributed by atoms with Crippen LogP contribution in [0, 0.1) is 6.92 Å². The minimum absolute atomic E-state index is 0.179. The quantitative estimate of drug-likeness (QED) is 0.538. The highest BCUT2D eigenvalue weighted by Crippen LogP contribution is 2.31. The van der Waals surface area contributed by atoms with Crippen molar-refractivity contribution in [2.24, 2.45) is 0 Å². The Balaban J connectivity index is 1.60. The fourth-order valence-electron chi connectivity index (χ4n) is 3.17. The summed E-state index contributed by atoms with van der Waals surface area (Å²) in [4.78, 5) is 24.6. The van der Waals surface area contributed by atoms with E-state index in [-0.39, 0.29) is 11.0 Å². The Morgan fingerprint density at radius 3 is 2.63 bits per heavy atom. The molecule has 152 valence electrons. The molecule has 2 aromatic heterocycles. The molecule has 0 radical (unpaired) electrons. The van der Waals surface area contributed by atoms with Gasteiger partial charge in [-0.1, -0.05) is 24.3 Å². The van der Waals surface area contributed by atoms with E-state index in [2.05, 4.69) is 20.3 Å². The zero-order valence-corrected chi connectivity index (χ0v) is 15.8. The number of fused-ring (bicyclic) bond motifs is 1. The number of aryl methyl sites for hydroxylation is 1. The number of halogens is 3. The molecular formula is C21H16F3N5O. The van der Waals surface area contributed by atoms with E-state index in [4.69, 9.17) is 0 Å². The molecule has 6 nitrogen and oxygen atoms in total. The zero-order valence-electron chi connectivity index (χ0n) is 15.8. The van der Waals surface area contributed by atoms with Crippen molar-refractivity contribution < 1.29 is 18.0 Å². The van der Waals surface area contributed by atoms with Crippen LogP contribution in [0.5, 0.6) is 0 Å². The lowest BCUT2D eigenvalue weighted by molar-refractivity contribution is -0.147. The molecule has 30 heavy (non-hydrogen) atoms. The molecule has 0 saturated heterocycles. The number of rotatable bonds is 4. The van der Waals surface area contributed by atoms with Gasteiger partial charge in [-0.05, 0) is 37.3 Å². The molecule has 4 rings (SSSR count). The number of hydrogen-bond acceptors (Lipinski definition) is 4. The highest BCUT2D eigenvalue weighted by molar-refractivity contribution is 5.92. The van der Waals surface area contributed by atoms with Gasteiger partial charge in [0.15, 0.2) is 0 Å². The van der Waals surface area contributed by atoms with Crippen LogP contribution < -0.4 is 5.32 Å². The number of alkyl halides is 3. The van der Waals surface area contributed by atoms with E-state index in [1.165, 1.54) is 12.1 Å². The Labute approximate surface area is 169 Å². The number of hydrogen-bond donors (Lipinski definition) is 1. The van der Waals surface area contributed by atoms with Gasteiger partial charge in [-0.3, -0.25) is 4.79 Å². The van der Waals surface area contributed by atoms with Crippen molar-refractivity contribution in [3.8, 4) is 11.3 Å². The molecule has 0 spiro atoms. The van der Waals surface area contributed by atoms with Gasteiger partial charge in [0.1, 0.15) is 12.4 Å². The molecule has 0 atom stereocenters. The largest absolute Gasteiger partial charge is 0.449 e. The molecule has 2 aromatic carbocycles. The van der Waals surface area contributed by atoms with Crippen LogP contribution in [0.2, 0.25) is 0 Å². The summed E-state index contributed by atoms with van der Waals surface area (Å²) in [6.45, 7) is 1.25. The summed E-state index contributed by atoms with van der Waals surface area (Å²) >= 11 is 0. The van der Waals surface area contributed by atoms with Gasteiger partial charge in [-0.15, -0.1) is 0 Å². The number of aromatic nitrogens is 4. The maximum atomic E-state index is 13.4. The number of para-hydroxylation sites is 2. The molecule has 0 aliphatic carbocycles. The van der Waals surface area contributed by atoms with Gasteiger partial charge in [0.25, 0.3) is 0 Å². The third-order valence-electron chi connectivity index (χ3n) is 4.43. The normalized spacial score (nSPS) is 11.6. The third kappa shape index (κ3) is 4.00. The van der Waals surface area contributed by atoms with Gasteiger partial charge in [0.05, 0.1) is 16.7 Å². The summed E-state index contributed by atoms with van der Waals surface area (Å²) < 4.78 is 41.1. The molecule has 0 bridgehead atoms. The highest BCUT2D eigenvalue weighted by atomic mass is 19.4. The van der Waals surface area contributed by atoms with Crippen molar-refractivity contribution in [3.63, 3.8) is 0 Å². The van der Waals surface area contributed by atoms with Crippen LogP contribution in [-0.4, -0.2) is 25.4 Å². The second kappa shape index (κ2) is 7.58. The number of amides is 1. The van der Waals surface area contributed by atoms with Gasteiger partial charge < -0.3 is 9.88 Å². The van der Waals surface area contributed by atoms with E-state index < -0.39 is 24.5 Å². The molecule has 1 amide bonds. The van der Waals surface area contributed by atoms with Crippen molar-refractivity contribution in [1.82, 2.24) is 19.5 Å². The Bertz CT molecular complexity index is 1230. The Hall–Kier alpha value is -3.75. The molecule has 1 N–H and O–H groups in total. The van der Waals surface area contributed by atoms with Crippen molar-refractivity contribution in [3.05, 3.63) is 72.4 Å². The van der Waals surface area contributed by atoms with Crippen molar-refractivity contribution in [1.29, 1.82) is 0 Å². The van der Waals surface area contributed by atoms with Crippen LogP contribution in [0.3, 0.4) is 0 Å². The SMILES string of the molecule is Cc1nccc(-c2cccc(NC(=O)Cn3c(C(F)(F)F)nc4ccccc43)c2)n1. The first-order valence-corrected chi connectivity index (χ1v) is 9.04. The summed E-state index contributed by atoms with van der Waals surface area (Å²) in [5.41, 5.74) is 2.30. The Morgan fingerprint density at radius 2 is 1.87 bits per heavy atom. The molecule has 0 unspecified atom stereocenters. The first-order valence-electron chi connectivity index (χ1n) is 9.04. The molecular weight excluding hydrogens is 395 g/mol. The van der Waals surface area contributed by atoms with Crippen LogP contribution in [-0.2, 0) is 17.5 Å². The number of nitrogens with zero attached hydrogens (tertiary/aromatic N) is 4. The molecule has 0 saturated carbocycles. The predicted molar refractivity (Wildman–Crippen MR) is 106 cm³/mol. The number of anilines is 1. The van der Waals surface area contributed by atoms with Crippen molar-refractivity contribution in [2.45, 2.75) is 19.6 Å². The first-order chi connectivity index (χ1) is 14.3. The number of carbonyl (C=O) groups excluding carboxylic acids is 1. The van der Waals surface area contributed by atoms with Crippen molar-refractivity contribution >= 4 is 22.6 Å². The Morgan fingerprint density at radius 1 is 1.07 bits per heavy atom. The van der Waals surface area contributed by atoms with Crippen molar-refractivity contribution in [2.75, 3.05) is 5.32 Å². The van der Waals surface area contributed by atoms with Crippen LogP contribution in [0.25, 0.3) is 22.3 Å². The second-order valence-electron chi connectivity index (χ2n) is 6.63. The van der Waals surface area contributed by atoms with Gasteiger partial charge in [-0.25, -0.2) is 15.0 Å². The lowest BCUT2D eigenvalue weighted by atomic mass is 10.1. The summed E-state index contributed by atoms with van der Waals surface area (Å²) in [7, 11) is 0. The fourth-order valence-corrected chi connectivity index (χ4v) is 3.17. The highest BCUT2D eigenvalue weighted by Gasteiger charge is 2.38. The summed E-state index contributed by atoms with van der Waals surface area (Å²) in [6, 6.07) is 14.8. The van der Waals surface area contributed by atoms with Crippen LogP contribution in [0.15, 0.2) is 60.8 Å². The number of nitrogens with one attached hydrogen (secondary N) is 1. The topological polar surface area (TPSA) is 72.7 Å². The van der Waals surface area contributed by atoms with E-state index in [1.54, 1.807) is 49.5 Å². The minimum atomic E-state index is -4.68. The molecule has 2 heterocycles. The first kappa shape index (κ1) is 19.6. The van der Waals surface area contributed by atoms with Gasteiger partial charge >= 0.3 is 6.18 Å². The van der Waals surface area contributed by atoms with E-state index in [0.717, 1.165) is 10.1 Å². The lowest BCUT2D eigenvalue weighted by Crippen LogP contribution is -2.23. The molecule has 4 aromatic rings. The molecule has 0 fully saturated rings. The number of carbonyl (C=O) groups is 1. The number of imidazole rings is 1. The van der Waals surface area contributed by atoms with E-state index in [9.17, 15) is 18.0 Å². The monoisotopic (exact) mass is 411 g/mol. The number of benzene rings is 2. The van der Waals surface area contributed by atoms with Gasteiger partial charge in [0, 0.05) is 17.4 Å². The van der Waals surface area contributed by atoms with Gasteiger partial charge in [0.2, 0.25) is 11.7 Å².